The van der Waals surface area contributed by atoms with E-state index < -0.39 is 0 Å². The van der Waals surface area contributed by atoms with Crippen LogP contribution in [0.1, 0.15) is 12.8 Å². The number of rotatable bonds is 4. The second-order valence-corrected chi connectivity index (χ2v) is 6.57. The predicted octanol–water partition coefficient (Wildman–Crippen LogP) is 4.50. The zero-order chi connectivity index (χ0) is 14.8. The molecule has 2 nitrogen and oxygen atoms in total. The highest BCUT2D eigenvalue weighted by atomic mass is 35.5. The second-order valence-electron chi connectivity index (χ2n) is 6.57. The Bertz CT molecular complexity index is 623. The van der Waals surface area contributed by atoms with E-state index in [1.54, 1.807) is 0 Å². The lowest BCUT2D eigenvalue weighted by Gasteiger charge is -2.44. The Kier molecular flexibility index (Phi) is 5.24. The fourth-order valence-electron chi connectivity index (χ4n) is 3.92. The van der Waals surface area contributed by atoms with Crippen LogP contribution in [0.15, 0.2) is 54.6 Å². The molecule has 3 aliphatic heterocycles. The molecule has 0 N–H and O–H groups in total. The molecule has 3 heterocycles. The average Bonchev–Trinajstić information content (AvgIpc) is 2.62. The first-order valence-corrected chi connectivity index (χ1v) is 8.40. The van der Waals surface area contributed by atoms with Gasteiger partial charge in [-0.1, -0.05) is 48.5 Å². The van der Waals surface area contributed by atoms with E-state index >= 15 is 0 Å². The highest BCUT2D eigenvalue weighted by Crippen LogP contribution is 2.34. The van der Waals surface area contributed by atoms with Gasteiger partial charge in [0.1, 0.15) is 5.75 Å². The molecule has 0 aromatic heterocycles. The van der Waals surface area contributed by atoms with E-state index in [-0.39, 0.29) is 12.4 Å². The summed E-state index contributed by atoms with van der Waals surface area (Å²) in [5, 5.41) is 0. The van der Waals surface area contributed by atoms with E-state index in [1.165, 1.54) is 43.6 Å². The molecule has 5 rings (SSSR count). The van der Waals surface area contributed by atoms with Crippen molar-refractivity contribution >= 4 is 12.4 Å². The minimum atomic E-state index is 0. The number of piperidine rings is 3. The Morgan fingerprint density at radius 1 is 0.913 bits per heavy atom. The topological polar surface area (TPSA) is 12.5 Å². The van der Waals surface area contributed by atoms with Gasteiger partial charge in [0.2, 0.25) is 0 Å². The molecule has 1 atom stereocenters. The van der Waals surface area contributed by atoms with E-state index in [0.29, 0.717) is 5.92 Å². The summed E-state index contributed by atoms with van der Waals surface area (Å²) in [6.07, 6.45) is 2.71. The quantitative estimate of drug-likeness (QED) is 0.819. The molecular weight excluding hydrogens is 306 g/mol. The number of hydrogen-bond acceptors (Lipinski definition) is 2. The Hall–Kier alpha value is -1.51. The molecule has 23 heavy (non-hydrogen) atoms. The highest BCUT2D eigenvalue weighted by Gasteiger charge is 2.34. The fourth-order valence-corrected chi connectivity index (χ4v) is 3.92. The first-order chi connectivity index (χ1) is 10.9. The maximum absolute atomic E-state index is 6.26. The van der Waals surface area contributed by atoms with Crippen molar-refractivity contribution < 1.29 is 4.74 Å². The largest absolute Gasteiger partial charge is 0.493 e. The van der Waals surface area contributed by atoms with Gasteiger partial charge in [-0.25, -0.2) is 0 Å². The van der Waals surface area contributed by atoms with Crippen LogP contribution >= 0.6 is 12.4 Å². The van der Waals surface area contributed by atoms with Gasteiger partial charge >= 0.3 is 0 Å². The Morgan fingerprint density at radius 2 is 1.61 bits per heavy atom. The van der Waals surface area contributed by atoms with Gasteiger partial charge in [0.05, 0.1) is 6.61 Å². The number of nitrogens with zero attached hydrogens (tertiary/aromatic N) is 1. The molecule has 0 spiro atoms. The summed E-state index contributed by atoms with van der Waals surface area (Å²) < 4.78 is 6.26. The Balaban J connectivity index is 0.00000156. The maximum atomic E-state index is 6.26. The van der Waals surface area contributed by atoms with Crippen LogP contribution < -0.4 is 4.74 Å². The minimum Gasteiger partial charge on any atom is -0.493 e. The molecule has 2 aromatic rings. The molecule has 2 aromatic carbocycles. The molecule has 0 amide bonds. The maximum Gasteiger partial charge on any atom is 0.127 e. The van der Waals surface area contributed by atoms with Gasteiger partial charge in [-0.2, -0.15) is 0 Å². The first kappa shape index (κ1) is 16.4. The van der Waals surface area contributed by atoms with Crippen molar-refractivity contribution in [2.75, 3.05) is 26.2 Å². The van der Waals surface area contributed by atoms with Crippen molar-refractivity contribution in [1.82, 2.24) is 4.90 Å². The predicted molar refractivity (Wildman–Crippen MR) is 97.3 cm³/mol. The van der Waals surface area contributed by atoms with Crippen molar-refractivity contribution in [1.29, 1.82) is 0 Å². The van der Waals surface area contributed by atoms with Crippen LogP contribution in [0.5, 0.6) is 5.75 Å². The van der Waals surface area contributed by atoms with E-state index in [0.717, 1.165) is 18.3 Å². The lowest BCUT2D eigenvalue weighted by atomic mass is 9.79. The van der Waals surface area contributed by atoms with E-state index in [2.05, 4.69) is 59.5 Å². The average molecular weight is 330 g/mol. The molecule has 3 heteroatoms. The van der Waals surface area contributed by atoms with Crippen molar-refractivity contribution in [3.8, 4) is 16.9 Å². The van der Waals surface area contributed by atoms with Crippen LogP contribution in [0.25, 0.3) is 11.1 Å². The number of hydrogen-bond donors (Lipinski definition) is 0. The second kappa shape index (κ2) is 7.37. The summed E-state index contributed by atoms with van der Waals surface area (Å²) in [6, 6.07) is 18.9. The third kappa shape index (κ3) is 3.54. The summed E-state index contributed by atoms with van der Waals surface area (Å²) in [6.45, 7) is 4.66. The van der Waals surface area contributed by atoms with Crippen LogP contribution in [-0.2, 0) is 0 Å². The molecule has 2 bridgehead atoms. The minimum absolute atomic E-state index is 0. The molecule has 3 aliphatic rings. The van der Waals surface area contributed by atoms with Crippen molar-refractivity contribution in [2.45, 2.75) is 12.8 Å². The molecule has 1 unspecified atom stereocenters. The molecule has 3 saturated heterocycles. The number of fused-ring (bicyclic) bond motifs is 3. The van der Waals surface area contributed by atoms with E-state index in [9.17, 15) is 0 Å². The van der Waals surface area contributed by atoms with Crippen molar-refractivity contribution in [2.24, 2.45) is 11.8 Å². The van der Waals surface area contributed by atoms with Gasteiger partial charge in [-0.05, 0) is 43.5 Å². The number of halogens is 1. The zero-order valence-electron chi connectivity index (χ0n) is 13.4. The first-order valence-electron chi connectivity index (χ1n) is 8.40. The van der Waals surface area contributed by atoms with Gasteiger partial charge < -0.3 is 9.64 Å². The smallest absolute Gasteiger partial charge is 0.127 e. The highest BCUT2D eigenvalue weighted by molar-refractivity contribution is 5.85. The summed E-state index contributed by atoms with van der Waals surface area (Å²) in [5.41, 5.74) is 2.43. The van der Waals surface area contributed by atoms with Crippen LogP contribution in [0.4, 0.5) is 0 Å². The van der Waals surface area contributed by atoms with Crippen LogP contribution in [0, 0.1) is 11.8 Å². The third-order valence-electron chi connectivity index (χ3n) is 5.22. The normalized spacial score (nSPS) is 25.7. The van der Waals surface area contributed by atoms with Crippen molar-refractivity contribution in [3.63, 3.8) is 0 Å². The number of benzene rings is 2. The molecular formula is C20H24ClNO. The summed E-state index contributed by atoms with van der Waals surface area (Å²) in [7, 11) is 0. The lowest BCUT2D eigenvalue weighted by Crippen LogP contribution is -2.49. The molecule has 0 radical (unpaired) electrons. The van der Waals surface area contributed by atoms with Gasteiger partial charge in [0, 0.05) is 18.0 Å². The molecule has 0 saturated carbocycles. The van der Waals surface area contributed by atoms with Gasteiger partial charge in [0.15, 0.2) is 0 Å². The Morgan fingerprint density at radius 3 is 2.30 bits per heavy atom. The van der Waals surface area contributed by atoms with Crippen molar-refractivity contribution in [3.05, 3.63) is 54.6 Å². The lowest BCUT2D eigenvalue weighted by molar-refractivity contribution is 0.0258. The summed E-state index contributed by atoms with van der Waals surface area (Å²) in [5.74, 6) is 2.59. The summed E-state index contributed by atoms with van der Waals surface area (Å²) >= 11 is 0. The molecule has 122 valence electrons. The van der Waals surface area contributed by atoms with Crippen LogP contribution in [0.2, 0.25) is 0 Å². The third-order valence-corrected chi connectivity index (χ3v) is 5.22. The number of para-hydroxylation sites is 1. The van der Waals surface area contributed by atoms with Gasteiger partial charge in [-0.3, -0.25) is 0 Å². The van der Waals surface area contributed by atoms with Gasteiger partial charge in [-0.15, -0.1) is 12.4 Å². The molecule has 0 aliphatic carbocycles. The van der Waals surface area contributed by atoms with Crippen LogP contribution in [0.3, 0.4) is 0 Å². The SMILES string of the molecule is Cl.c1ccc(-c2ccccc2OCC2CN3CCC2CC3)cc1. The van der Waals surface area contributed by atoms with Gasteiger partial charge in [0.25, 0.3) is 0 Å². The van der Waals surface area contributed by atoms with Crippen LogP contribution in [-0.4, -0.2) is 31.1 Å². The molecule has 3 fully saturated rings. The fraction of sp³-hybridized carbons (Fsp3) is 0.400. The number of ether oxygens (including phenoxy) is 1. The standard InChI is InChI=1S/C20H23NO.ClH/c1-2-6-17(7-3-1)19-8-4-5-9-20(19)22-15-18-14-21-12-10-16(18)11-13-21;/h1-9,16,18H,10-15H2;1H. The van der Waals surface area contributed by atoms with E-state index in [1.807, 2.05) is 0 Å². The zero-order valence-corrected chi connectivity index (χ0v) is 14.2. The monoisotopic (exact) mass is 329 g/mol. The summed E-state index contributed by atoms with van der Waals surface area (Å²) in [4.78, 5) is 2.59. The Labute approximate surface area is 144 Å². The van der Waals surface area contributed by atoms with E-state index in [4.69, 9.17) is 4.74 Å².